The number of carboxylic acids is 1. The number of benzene rings is 2. The Labute approximate surface area is 157 Å². The molecular weight excluding hydrogens is 524 g/mol. The van der Waals surface area contributed by atoms with Crippen molar-refractivity contribution in [2.75, 3.05) is 0 Å². The number of aliphatic hydroxyl groups excluding tert-OH is 1. The molecule has 2 aromatic carbocycles. The Morgan fingerprint density at radius 3 is 1.87 bits per heavy atom. The Kier molecular flexibility index (Phi) is 9.10. The maximum atomic E-state index is 12.1. The highest BCUT2D eigenvalue weighted by Gasteiger charge is 2.28. The van der Waals surface area contributed by atoms with Gasteiger partial charge in [0.1, 0.15) is 0 Å². The normalized spacial score (nSPS) is 12.3. The first kappa shape index (κ1) is 19.8. The van der Waals surface area contributed by atoms with Crippen molar-refractivity contribution in [3.05, 3.63) is 71.8 Å². The van der Waals surface area contributed by atoms with Gasteiger partial charge in [0, 0.05) is 42.8 Å². The zero-order valence-corrected chi connectivity index (χ0v) is 16.2. The Morgan fingerprint density at radius 1 is 0.913 bits per heavy atom. The molecule has 0 radical (unpaired) electrons. The monoisotopic (exact) mass is 539 g/mol. The molecule has 122 valence electrons. The summed E-state index contributed by atoms with van der Waals surface area (Å²) in [5, 5.41) is 21.4. The number of nitrogens with one attached hydrogen (secondary N) is 1. The molecule has 3 N–H and O–H groups in total. The maximum absolute atomic E-state index is 12.1. The summed E-state index contributed by atoms with van der Waals surface area (Å²) in [5.41, 5.74) is 0.924. The lowest BCUT2D eigenvalue weighted by Gasteiger charge is -2.22. The van der Waals surface area contributed by atoms with Crippen molar-refractivity contribution in [3.8, 4) is 0 Å². The van der Waals surface area contributed by atoms with Crippen LogP contribution in [-0.2, 0) is 4.79 Å². The quantitative estimate of drug-likeness (QED) is 0.509. The third kappa shape index (κ3) is 6.07. The number of carbonyl (C=O) groups excluding carboxylic acids is 1. The van der Waals surface area contributed by atoms with Crippen LogP contribution in [0.5, 0.6) is 0 Å². The third-order valence-electron chi connectivity index (χ3n) is 3.05. The number of halogens is 2. The maximum Gasteiger partial charge on any atom is 0.335 e. The predicted octanol–water partition coefficient (Wildman–Crippen LogP) is 3.37. The minimum Gasteiger partial charge on any atom is -0.479 e. The molecule has 2 rings (SSSR count). The van der Waals surface area contributed by atoms with Gasteiger partial charge in [0.05, 0.1) is 6.04 Å². The molecule has 0 unspecified atom stereocenters. The van der Waals surface area contributed by atoms with Crippen molar-refractivity contribution in [1.82, 2.24) is 5.32 Å². The van der Waals surface area contributed by atoms with Gasteiger partial charge in [-0.05, 0) is 17.7 Å². The smallest absolute Gasteiger partial charge is 0.335 e. The van der Waals surface area contributed by atoms with E-state index in [4.69, 9.17) is 5.11 Å². The van der Waals surface area contributed by atoms with Gasteiger partial charge in [0.15, 0.2) is 6.10 Å². The number of hydrogen-bond donors (Lipinski definition) is 3. The number of carbonyl (C=O) groups is 2. The van der Waals surface area contributed by atoms with Gasteiger partial charge in [-0.25, -0.2) is 4.79 Å². The van der Waals surface area contributed by atoms with Crippen LogP contribution in [0.15, 0.2) is 60.7 Å². The van der Waals surface area contributed by atoms with Crippen LogP contribution in [0, 0.1) is 0 Å². The number of aliphatic carboxylic acids is 1. The Morgan fingerprint density at radius 2 is 1.39 bits per heavy atom. The molecule has 2 aromatic rings. The van der Waals surface area contributed by atoms with E-state index < -0.39 is 24.0 Å². The van der Waals surface area contributed by atoms with Crippen LogP contribution >= 0.6 is 37.2 Å². The van der Waals surface area contributed by atoms with Gasteiger partial charge < -0.3 is 15.5 Å². The van der Waals surface area contributed by atoms with Crippen LogP contribution in [0.2, 0.25) is 0 Å². The van der Waals surface area contributed by atoms with Crippen molar-refractivity contribution in [2.45, 2.75) is 12.1 Å². The molecule has 0 bridgehead atoms. The molecule has 0 spiro atoms. The Bertz CT molecular complexity index is 622. The third-order valence-corrected chi connectivity index (χ3v) is 3.05. The van der Waals surface area contributed by atoms with Crippen LogP contribution in [-0.4, -0.2) is 28.2 Å². The van der Waals surface area contributed by atoms with Crippen molar-refractivity contribution in [1.29, 1.82) is 0 Å². The van der Waals surface area contributed by atoms with Gasteiger partial charge in [-0.15, -0.1) is 0 Å². The molecule has 1 amide bonds. The minimum atomic E-state index is -1.72. The van der Waals surface area contributed by atoms with Crippen molar-refractivity contribution in [2.24, 2.45) is 0 Å². The molecular formula is C16H15I2NO4. The summed E-state index contributed by atoms with van der Waals surface area (Å²) >= 11 is 4.24. The van der Waals surface area contributed by atoms with Gasteiger partial charge in [-0.1, -0.05) is 48.5 Å². The predicted molar refractivity (Wildman–Crippen MR) is 105 cm³/mol. The van der Waals surface area contributed by atoms with E-state index in [-0.39, 0.29) is 0 Å². The molecule has 0 aliphatic carbocycles. The van der Waals surface area contributed by atoms with E-state index in [0.29, 0.717) is 11.1 Å². The topological polar surface area (TPSA) is 86.6 Å². The number of amides is 1. The van der Waals surface area contributed by atoms with Gasteiger partial charge in [-0.3, -0.25) is 4.79 Å². The van der Waals surface area contributed by atoms with Gasteiger partial charge in [0.2, 0.25) is 0 Å². The highest BCUT2D eigenvalue weighted by atomic mass is 128. The molecule has 0 saturated carbocycles. The van der Waals surface area contributed by atoms with E-state index >= 15 is 0 Å². The second-order valence-corrected chi connectivity index (χ2v) is 4.51. The first-order valence-corrected chi connectivity index (χ1v) is 12.8. The lowest BCUT2D eigenvalue weighted by molar-refractivity contribution is -0.148. The molecule has 5 nitrogen and oxygen atoms in total. The van der Waals surface area contributed by atoms with Crippen LogP contribution < -0.4 is 5.32 Å². The van der Waals surface area contributed by atoms with Crippen molar-refractivity contribution >= 4 is 49.1 Å². The summed E-state index contributed by atoms with van der Waals surface area (Å²) in [4.78, 5) is 23.2. The zero-order chi connectivity index (χ0) is 17.2. The SMILES string of the molecule is II.O=C(N[C@@H](c1ccccc1)[C@@H](O)C(=O)O)c1ccccc1. The van der Waals surface area contributed by atoms with Crippen LogP contribution in [0.1, 0.15) is 22.0 Å². The molecule has 0 fully saturated rings. The van der Waals surface area contributed by atoms with Crippen molar-refractivity contribution in [3.63, 3.8) is 0 Å². The molecule has 7 heteroatoms. The first-order valence-electron chi connectivity index (χ1n) is 6.55. The Balaban J connectivity index is 0.00000127. The van der Waals surface area contributed by atoms with E-state index in [1.807, 2.05) is 0 Å². The van der Waals surface area contributed by atoms with Gasteiger partial charge in [-0.2, -0.15) is 0 Å². The minimum absolute atomic E-state index is 0.399. The molecule has 0 aromatic heterocycles. The van der Waals surface area contributed by atoms with Gasteiger partial charge >= 0.3 is 5.97 Å². The van der Waals surface area contributed by atoms with Gasteiger partial charge in [0.25, 0.3) is 5.91 Å². The molecule has 23 heavy (non-hydrogen) atoms. The average Bonchev–Trinajstić information content (AvgIpc) is 2.62. The molecule has 0 aliphatic rings. The van der Waals surface area contributed by atoms with Crippen molar-refractivity contribution < 1.29 is 19.8 Å². The summed E-state index contributed by atoms with van der Waals surface area (Å²) in [6.07, 6.45) is -1.72. The zero-order valence-electron chi connectivity index (χ0n) is 11.9. The summed E-state index contributed by atoms with van der Waals surface area (Å²) in [7, 11) is 0. The molecule has 2 atom stereocenters. The largest absolute Gasteiger partial charge is 0.479 e. The second kappa shape index (κ2) is 10.6. The highest BCUT2D eigenvalue weighted by molar-refractivity contribution is 15.0. The van der Waals surface area contributed by atoms with Crippen LogP contribution in [0.25, 0.3) is 0 Å². The second-order valence-electron chi connectivity index (χ2n) is 4.51. The lowest BCUT2D eigenvalue weighted by Crippen LogP contribution is -2.40. The van der Waals surface area contributed by atoms with Crippen LogP contribution in [0.4, 0.5) is 0 Å². The average molecular weight is 539 g/mol. The summed E-state index contributed by atoms with van der Waals surface area (Å²) < 4.78 is 0. The lowest BCUT2D eigenvalue weighted by atomic mass is 10.0. The fourth-order valence-corrected chi connectivity index (χ4v) is 1.96. The van der Waals surface area contributed by atoms with E-state index in [1.54, 1.807) is 60.7 Å². The first-order chi connectivity index (χ1) is 11.1. The molecule has 0 heterocycles. The van der Waals surface area contributed by atoms with E-state index in [9.17, 15) is 14.7 Å². The molecule has 0 saturated heterocycles. The summed E-state index contributed by atoms with van der Waals surface area (Å²) in [6.45, 7) is 0. The van der Waals surface area contributed by atoms with E-state index in [1.165, 1.54) is 0 Å². The van der Waals surface area contributed by atoms with E-state index in [2.05, 4.69) is 42.5 Å². The standard InChI is InChI=1S/C16H15NO4.I2/c18-14(16(20)21)13(11-7-3-1-4-8-11)17-15(19)12-9-5-2-6-10-12;1-2/h1-10,13-14,18H,(H,17,19)(H,20,21);/t13-,14+;/m0./s1. The summed E-state index contributed by atoms with van der Waals surface area (Å²) in [6, 6.07) is 15.9. The van der Waals surface area contributed by atoms with E-state index in [0.717, 1.165) is 0 Å². The van der Waals surface area contributed by atoms with Crippen LogP contribution in [0.3, 0.4) is 0 Å². The highest BCUT2D eigenvalue weighted by Crippen LogP contribution is 2.18. The number of hydrogen-bond acceptors (Lipinski definition) is 3. The fourth-order valence-electron chi connectivity index (χ4n) is 1.96. The fraction of sp³-hybridized carbons (Fsp3) is 0.125. The number of aliphatic hydroxyl groups is 1. The number of carboxylic acid groups (broad SMARTS) is 1. The molecule has 0 aliphatic heterocycles. The Hall–Kier alpha value is -1.20. The summed E-state index contributed by atoms with van der Waals surface area (Å²) in [5.74, 6) is -1.83. The number of rotatable bonds is 5.